The van der Waals surface area contributed by atoms with Crippen LogP contribution in [0.5, 0.6) is 5.75 Å². The highest BCUT2D eigenvalue weighted by Crippen LogP contribution is 2.40. The van der Waals surface area contributed by atoms with Crippen molar-refractivity contribution < 1.29 is 28.9 Å². The predicted molar refractivity (Wildman–Crippen MR) is 127 cm³/mol. The minimum Gasteiger partial charge on any atom is -0.489 e. The standard InChI is InChI=1S/C24H29N5O6/c1-14-9-18(22(30)31)26-21-20(14)28-8-4-5-15(11-28)29(21)23(32)27-19-7-6-16(10-25-19)33-12-17-13-34-24(2,3)35-17/h6-7,9-10,15,17H,4-5,8,11-13H2,1-3H3,(H,30,31)(H,25,27,32)/t15-,17?/m0/s1. The summed E-state index contributed by atoms with van der Waals surface area (Å²) in [5.74, 6) is -0.461. The molecule has 0 aromatic carbocycles. The number of hydrogen-bond acceptors (Lipinski definition) is 8. The van der Waals surface area contributed by atoms with Crippen LogP contribution in [0.2, 0.25) is 0 Å². The summed E-state index contributed by atoms with van der Waals surface area (Å²) in [6.07, 6.45) is 3.12. The molecule has 11 heteroatoms. The van der Waals surface area contributed by atoms with Crippen molar-refractivity contribution in [1.82, 2.24) is 9.97 Å². The van der Waals surface area contributed by atoms with Crippen LogP contribution in [-0.4, -0.2) is 71.3 Å². The minimum absolute atomic E-state index is 0.0834. The molecule has 5 rings (SSSR count). The fraction of sp³-hybridized carbons (Fsp3) is 0.500. The topological polar surface area (TPSA) is 126 Å². The maximum Gasteiger partial charge on any atom is 0.354 e. The molecular weight excluding hydrogens is 454 g/mol. The van der Waals surface area contributed by atoms with E-state index in [1.54, 1.807) is 23.1 Å². The number of nitrogens with one attached hydrogen (secondary N) is 1. The number of amides is 2. The van der Waals surface area contributed by atoms with E-state index in [9.17, 15) is 14.7 Å². The number of ether oxygens (including phenoxy) is 3. The highest BCUT2D eigenvalue weighted by Gasteiger charge is 2.40. The van der Waals surface area contributed by atoms with Crippen molar-refractivity contribution >= 4 is 29.3 Å². The van der Waals surface area contributed by atoms with Crippen LogP contribution < -0.4 is 19.9 Å². The summed E-state index contributed by atoms with van der Waals surface area (Å²) in [6, 6.07) is 4.44. The molecule has 2 N–H and O–H groups in total. The molecule has 0 saturated carbocycles. The first-order valence-electron chi connectivity index (χ1n) is 11.7. The Hall–Kier alpha value is -3.44. The van der Waals surface area contributed by atoms with Gasteiger partial charge >= 0.3 is 12.0 Å². The molecule has 11 nitrogen and oxygen atoms in total. The number of nitrogens with zero attached hydrogens (tertiary/aromatic N) is 4. The van der Waals surface area contributed by atoms with E-state index in [4.69, 9.17) is 14.2 Å². The molecule has 2 aromatic rings. The van der Waals surface area contributed by atoms with Gasteiger partial charge in [0.05, 0.1) is 24.5 Å². The second-order valence-electron chi connectivity index (χ2n) is 9.48. The summed E-state index contributed by atoms with van der Waals surface area (Å²) in [4.78, 5) is 37.4. The molecule has 2 fully saturated rings. The molecular formula is C24H29N5O6. The molecule has 3 aliphatic rings. The number of aromatic carboxylic acids is 1. The Balaban J connectivity index is 1.31. The summed E-state index contributed by atoms with van der Waals surface area (Å²) in [7, 11) is 0. The number of fused-ring (bicyclic) bond motifs is 4. The first-order chi connectivity index (χ1) is 16.7. The Morgan fingerprint density at radius 1 is 1.34 bits per heavy atom. The van der Waals surface area contributed by atoms with Crippen LogP contribution in [0.25, 0.3) is 0 Å². The molecule has 3 aliphatic heterocycles. The van der Waals surface area contributed by atoms with Gasteiger partial charge in [-0.2, -0.15) is 0 Å². The highest BCUT2D eigenvalue weighted by atomic mass is 16.7. The number of aryl methyl sites for hydroxylation is 1. The molecule has 2 atom stereocenters. The number of carboxylic acid groups (broad SMARTS) is 1. The lowest BCUT2D eigenvalue weighted by Gasteiger charge is -2.46. The summed E-state index contributed by atoms with van der Waals surface area (Å²) in [5, 5.41) is 12.3. The Morgan fingerprint density at radius 2 is 2.17 bits per heavy atom. The molecule has 1 unspecified atom stereocenters. The van der Waals surface area contributed by atoms with Crippen molar-refractivity contribution in [2.75, 3.05) is 41.4 Å². The Kier molecular flexibility index (Phi) is 5.97. The zero-order valence-corrected chi connectivity index (χ0v) is 20.0. The van der Waals surface area contributed by atoms with Crippen molar-refractivity contribution in [2.24, 2.45) is 0 Å². The lowest BCUT2D eigenvalue weighted by Crippen LogP contribution is -2.56. The van der Waals surface area contributed by atoms with Crippen LogP contribution >= 0.6 is 0 Å². The third-order valence-corrected chi connectivity index (χ3v) is 6.38. The van der Waals surface area contributed by atoms with E-state index in [2.05, 4.69) is 20.2 Å². The first kappa shape index (κ1) is 23.3. The number of carbonyl (C=O) groups is 2. The number of pyridine rings is 2. The van der Waals surface area contributed by atoms with Crippen molar-refractivity contribution in [3.05, 3.63) is 35.7 Å². The van der Waals surface area contributed by atoms with Crippen LogP contribution in [-0.2, 0) is 9.47 Å². The average molecular weight is 484 g/mol. The van der Waals surface area contributed by atoms with Crippen LogP contribution in [0.4, 0.5) is 22.1 Å². The number of anilines is 3. The SMILES string of the molecule is Cc1cc(C(=O)O)nc2c1N1CCC[C@@H](C1)N2C(=O)Nc1ccc(OCC2COC(C)(C)O2)cn1. The molecule has 186 valence electrons. The van der Waals surface area contributed by atoms with Gasteiger partial charge in [-0.1, -0.05) is 0 Å². The third kappa shape index (κ3) is 4.73. The second kappa shape index (κ2) is 8.97. The summed E-state index contributed by atoms with van der Waals surface area (Å²) in [5.41, 5.74) is 1.50. The molecule has 2 aromatic heterocycles. The normalized spacial score (nSPS) is 22.5. The van der Waals surface area contributed by atoms with E-state index < -0.39 is 17.8 Å². The maximum absolute atomic E-state index is 13.4. The number of carbonyl (C=O) groups excluding carboxylic acids is 1. The Morgan fingerprint density at radius 3 is 2.86 bits per heavy atom. The molecule has 2 bridgehead atoms. The lowest BCUT2D eigenvalue weighted by atomic mass is 9.98. The zero-order valence-electron chi connectivity index (χ0n) is 20.0. The molecule has 2 amide bonds. The van der Waals surface area contributed by atoms with Gasteiger partial charge in [0.25, 0.3) is 0 Å². The van der Waals surface area contributed by atoms with Crippen LogP contribution in [0, 0.1) is 6.92 Å². The first-order valence-corrected chi connectivity index (χ1v) is 11.7. The van der Waals surface area contributed by atoms with Gasteiger partial charge in [-0.3, -0.25) is 10.2 Å². The Bertz CT molecular complexity index is 1140. The second-order valence-corrected chi connectivity index (χ2v) is 9.48. The van der Waals surface area contributed by atoms with Gasteiger partial charge in [-0.25, -0.2) is 19.6 Å². The van der Waals surface area contributed by atoms with Crippen molar-refractivity contribution in [1.29, 1.82) is 0 Å². The minimum atomic E-state index is -1.13. The van der Waals surface area contributed by atoms with Crippen molar-refractivity contribution in [3.63, 3.8) is 0 Å². The predicted octanol–water partition coefficient (Wildman–Crippen LogP) is 3.03. The van der Waals surface area contributed by atoms with Gasteiger partial charge in [0.1, 0.15) is 24.3 Å². The molecule has 35 heavy (non-hydrogen) atoms. The number of carboxylic acids is 1. The number of aromatic nitrogens is 2. The lowest BCUT2D eigenvalue weighted by molar-refractivity contribution is -0.141. The fourth-order valence-corrected chi connectivity index (χ4v) is 4.86. The number of urea groups is 1. The monoisotopic (exact) mass is 483 g/mol. The van der Waals surface area contributed by atoms with Gasteiger partial charge in [0.15, 0.2) is 17.3 Å². The largest absolute Gasteiger partial charge is 0.489 e. The molecule has 5 heterocycles. The molecule has 0 aliphatic carbocycles. The number of hydrogen-bond donors (Lipinski definition) is 2. The maximum atomic E-state index is 13.4. The molecule has 0 radical (unpaired) electrons. The zero-order chi connectivity index (χ0) is 24.7. The van der Waals surface area contributed by atoms with Gasteiger partial charge in [0, 0.05) is 13.1 Å². The third-order valence-electron chi connectivity index (χ3n) is 6.38. The van der Waals surface area contributed by atoms with Gasteiger partial charge in [-0.05, 0) is 57.4 Å². The van der Waals surface area contributed by atoms with E-state index in [1.165, 1.54) is 6.20 Å². The Labute approximate surface area is 203 Å². The number of piperidine rings is 1. The van der Waals surface area contributed by atoms with Crippen LogP contribution in [0.1, 0.15) is 42.7 Å². The van der Waals surface area contributed by atoms with Crippen molar-refractivity contribution in [2.45, 2.75) is 51.5 Å². The summed E-state index contributed by atoms with van der Waals surface area (Å²) < 4.78 is 17.0. The fourth-order valence-electron chi connectivity index (χ4n) is 4.86. The van der Waals surface area contributed by atoms with Crippen LogP contribution in [0.15, 0.2) is 24.4 Å². The summed E-state index contributed by atoms with van der Waals surface area (Å²) in [6.45, 7) is 7.89. The van der Waals surface area contributed by atoms with Crippen LogP contribution in [0.3, 0.4) is 0 Å². The highest BCUT2D eigenvalue weighted by molar-refractivity contribution is 6.04. The van der Waals surface area contributed by atoms with E-state index >= 15 is 0 Å². The number of rotatable bonds is 5. The van der Waals surface area contributed by atoms with Gasteiger partial charge in [0.2, 0.25) is 0 Å². The summed E-state index contributed by atoms with van der Waals surface area (Å²) >= 11 is 0. The average Bonchev–Trinajstić information content (AvgIpc) is 3.17. The molecule has 2 saturated heterocycles. The van der Waals surface area contributed by atoms with Crippen molar-refractivity contribution in [3.8, 4) is 5.75 Å². The van der Waals surface area contributed by atoms with E-state index in [0.29, 0.717) is 37.1 Å². The van der Waals surface area contributed by atoms with E-state index in [1.807, 2.05) is 20.8 Å². The quantitative estimate of drug-likeness (QED) is 0.660. The van der Waals surface area contributed by atoms with E-state index in [-0.39, 0.29) is 17.8 Å². The van der Waals surface area contributed by atoms with Gasteiger partial charge in [-0.15, -0.1) is 0 Å². The molecule has 0 spiro atoms. The van der Waals surface area contributed by atoms with Gasteiger partial charge < -0.3 is 24.2 Å². The smallest absolute Gasteiger partial charge is 0.354 e. The van der Waals surface area contributed by atoms with E-state index in [0.717, 1.165) is 30.6 Å².